The summed E-state index contributed by atoms with van der Waals surface area (Å²) in [6, 6.07) is 9.32. The number of carboxylic acids is 1. The smallest absolute Gasteiger partial charge is 0.435 e. The Morgan fingerprint density at radius 1 is 1.06 bits per heavy atom. The van der Waals surface area contributed by atoms with Gasteiger partial charge in [-0.2, -0.15) is 9.78 Å². The number of nitrogens with zero attached hydrogens (tertiary/aromatic N) is 2. The minimum absolute atomic E-state index is 0.0390. The van der Waals surface area contributed by atoms with Gasteiger partial charge in [0.25, 0.3) is 10.0 Å². The highest BCUT2D eigenvalue weighted by atomic mass is 32.2. The maximum Gasteiger partial charge on any atom is 0.435 e. The highest BCUT2D eigenvalue weighted by Gasteiger charge is 2.25. The molecule has 0 aliphatic carbocycles. The molecule has 0 saturated heterocycles. The summed E-state index contributed by atoms with van der Waals surface area (Å²) in [4.78, 5) is 23.3. The fourth-order valence-corrected chi connectivity index (χ4v) is 5.89. The molecule has 11 nitrogen and oxygen atoms in total. The lowest BCUT2D eigenvalue weighted by molar-refractivity contribution is -0.132. The number of ether oxygens (including phenoxy) is 1. The van der Waals surface area contributed by atoms with Gasteiger partial charge in [0.05, 0.1) is 16.1 Å². The zero-order chi connectivity index (χ0) is 27.1. The van der Waals surface area contributed by atoms with Crippen molar-refractivity contribution in [2.24, 2.45) is 0 Å². The Hall–Kier alpha value is -3.71. The average molecular weight is 536 g/mol. The van der Waals surface area contributed by atoms with Crippen molar-refractivity contribution < 1.29 is 36.3 Å². The van der Waals surface area contributed by atoms with E-state index < -0.39 is 42.4 Å². The lowest BCUT2D eigenvalue weighted by Crippen LogP contribution is -2.27. The van der Waals surface area contributed by atoms with E-state index in [-0.39, 0.29) is 32.8 Å². The van der Waals surface area contributed by atoms with E-state index in [0.717, 1.165) is 10.9 Å². The van der Waals surface area contributed by atoms with E-state index in [9.17, 15) is 31.5 Å². The van der Waals surface area contributed by atoms with Gasteiger partial charge in [-0.15, -0.1) is 0 Å². The number of carboxylic acid groups (broad SMARTS) is 1. The lowest BCUT2D eigenvalue weighted by Gasteiger charge is -2.19. The molecule has 3 rings (SSSR count). The Bertz CT molecular complexity index is 1610. The molecule has 2 aromatic carbocycles. The van der Waals surface area contributed by atoms with Gasteiger partial charge in [-0.1, -0.05) is 12.1 Å². The van der Waals surface area contributed by atoms with Crippen molar-refractivity contribution in [2.75, 3.05) is 11.0 Å². The second-order valence-electron chi connectivity index (χ2n) is 8.97. The van der Waals surface area contributed by atoms with Gasteiger partial charge in [0.1, 0.15) is 10.5 Å². The fourth-order valence-electron chi connectivity index (χ4n) is 3.21. The second kappa shape index (κ2) is 9.39. The van der Waals surface area contributed by atoms with Crippen LogP contribution in [-0.4, -0.2) is 55.6 Å². The topological polar surface area (TPSA) is 162 Å². The zero-order valence-corrected chi connectivity index (χ0v) is 21.8. The van der Waals surface area contributed by atoms with Gasteiger partial charge in [0.15, 0.2) is 9.84 Å². The molecule has 0 radical (unpaired) electrons. The number of hydrogen-bond acceptors (Lipinski definition) is 8. The first-order chi connectivity index (χ1) is 16.5. The lowest BCUT2D eigenvalue weighted by atomic mass is 10.1. The van der Waals surface area contributed by atoms with E-state index in [0.29, 0.717) is 0 Å². The van der Waals surface area contributed by atoms with Crippen LogP contribution < -0.4 is 4.72 Å². The Labute approximate surface area is 208 Å². The molecule has 0 aliphatic heterocycles. The molecular formula is C23H25N3O8S2. The van der Waals surface area contributed by atoms with E-state index in [2.05, 4.69) is 9.82 Å². The largest absolute Gasteiger partial charge is 0.478 e. The van der Waals surface area contributed by atoms with Crippen molar-refractivity contribution in [3.05, 3.63) is 53.7 Å². The van der Waals surface area contributed by atoms with Crippen LogP contribution in [0.4, 0.5) is 10.5 Å². The monoisotopic (exact) mass is 535 g/mol. The van der Waals surface area contributed by atoms with Crippen LogP contribution in [0, 0.1) is 0 Å². The highest BCUT2D eigenvalue weighted by molar-refractivity contribution is 7.95. The van der Waals surface area contributed by atoms with Crippen molar-refractivity contribution in [1.82, 2.24) is 9.78 Å². The molecule has 1 aromatic heterocycles. The molecule has 1 heterocycles. The minimum Gasteiger partial charge on any atom is -0.478 e. The number of rotatable bonds is 6. The van der Waals surface area contributed by atoms with Gasteiger partial charge in [0.2, 0.25) is 0 Å². The van der Waals surface area contributed by atoms with Crippen molar-refractivity contribution in [3.8, 4) is 0 Å². The number of sulfone groups is 1. The summed E-state index contributed by atoms with van der Waals surface area (Å²) in [7, 11) is -8.18. The summed E-state index contributed by atoms with van der Waals surface area (Å²) in [6.07, 6.45) is 1.33. The van der Waals surface area contributed by atoms with Gasteiger partial charge in [-0.25, -0.2) is 26.4 Å². The molecule has 0 saturated carbocycles. The molecule has 13 heteroatoms. The number of hydrogen-bond donors (Lipinski definition) is 2. The van der Waals surface area contributed by atoms with Crippen LogP contribution in [0.25, 0.3) is 17.0 Å². The fraction of sp³-hybridized carbons (Fsp3) is 0.261. The third kappa shape index (κ3) is 5.91. The summed E-state index contributed by atoms with van der Waals surface area (Å²) in [5.74, 6) is -1.20. The predicted molar refractivity (Wildman–Crippen MR) is 133 cm³/mol. The number of sulfonamides is 1. The SMILES string of the molecule is CC(=Cc1nn(C(=O)OC(C)(C)C)c2ccc(NS(=O)(=O)c3ccccc3S(C)(=O)=O)cc12)C(=O)O. The van der Waals surface area contributed by atoms with Gasteiger partial charge < -0.3 is 9.84 Å². The molecule has 0 atom stereocenters. The molecule has 0 amide bonds. The third-order valence-corrected chi connectivity index (χ3v) is 7.48. The number of fused-ring (bicyclic) bond motifs is 1. The maximum absolute atomic E-state index is 13.1. The van der Waals surface area contributed by atoms with Crippen LogP contribution in [0.3, 0.4) is 0 Å². The first-order valence-electron chi connectivity index (χ1n) is 10.5. The summed E-state index contributed by atoms with van der Waals surface area (Å²) < 4.78 is 59.0. The number of anilines is 1. The standard InChI is InChI=1S/C23H25N3O8S2/c1-14(21(27)28)12-17-16-13-15(10-11-18(16)26(24-17)22(29)34-23(2,3)4)25-36(32,33)20-9-7-6-8-19(20)35(5,30)31/h6-13,25H,1-5H3,(H,27,28). The number of aliphatic carboxylic acids is 1. The van der Waals surface area contributed by atoms with Crippen LogP contribution in [0.2, 0.25) is 0 Å². The third-order valence-electron chi connectivity index (χ3n) is 4.76. The maximum atomic E-state index is 13.1. The first kappa shape index (κ1) is 26.9. The molecule has 0 unspecified atom stereocenters. The first-order valence-corrected chi connectivity index (χ1v) is 13.9. The van der Waals surface area contributed by atoms with Crippen LogP contribution in [0.5, 0.6) is 0 Å². The number of carbonyl (C=O) groups excluding carboxylic acids is 1. The minimum atomic E-state index is -4.34. The molecule has 0 spiro atoms. The van der Waals surface area contributed by atoms with Crippen molar-refractivity contribution in [2.45, 2.75) is 43.1 Å². The van der Waals surface area contributed by atoms with Crippen LogP contribution >= 0.6 is 0 Å². The molecule has 3 aromatic rings. The molecule has 36 heavy (non-hydrogen) atoms. The van der Waals surface area contributed by atoms with Crippen molar-refractivity contribution >= 4 is 54.6 Å². The Balaban J connectivity index is 2.15. The second-order valence-corrected chi connectivity index (χ2v) is 12.6. The van der Waals surface area contributed by atoms with Crippen molar-refractivity contribution in [3.63, 3.8) is 0 Å². The molecule has 2 N–H and O–H groups in total. The van der Waals surface area contributed by atoms with Crippen molar-refractivity contribution in [1.29, 1.82) is 0 Å². The van der Waals surface area contributed by atoms with Crippen LogP contribution in [0.15, 0.2) is 57.8 Å². The average Bonchev–Trinajstić information content (AvgIpc) is 3.09. The van der Waals surface area contributed by atoms with Crippen LogP contribution in [-0.2, 0) is 29.4 Å². The Morgan fingerprint density at radius 3 is 2.22 bits per heavy atom. The summed E-state index contributed by atoms with van der Waals surface area (Å²) >= 11 is 0. The van der Waals surface area contributed by atoms with Gasteiger partial charge in [0, 0.05) is 22.9 Å². The number of aromatic nitrogens is 2. The molecule has 0 aliphatic rings. The highest BCUT2D eigenvalue weighted by Crippen LogP contribution is 2.28. The predicted octanol–water partition coefficient (Wildman–Crippen LogP) is 3.51. The zero-order valence-electron chi connectivity index (χ0n) is 20.1. The van der Waals surface area contributed by atoms with Gasteiger partial charge >= 0.3 is 12.1 Å². The van der Waals surface area contributed by atoms with Gasteiger partial charge in [-0.05, 0) is 64.1 Å². The summed E-state index contributed by atoms with van der Waals surface area (Å²) in [5, 5.41) is 13.7. The van der Waals surface area contributed by atoms with E-state index >= 15 is 0 Å². The summed E-state index contributed by atoms with van der Waals surface area (Å²) in [5.41, 5.74) is -0.525. The quantitative estimate of drug-likeness (QED) is 0.450. The molecule has 0 bridgehead atoms. The van der Waals surface area contributed by atoms with E-state index in [1.807, 2.05) is 0 Å². The van der Waals surface area contributed by atoms with Crippen LogP contribution in [0.1, 0.15) is 33.4 Å². The Morgan fingerprint density at radius 2 is 1.67 bits per heavy atom. The summed E-state index contributed by atoms with van der Waals surface area (Å²) in [6.45, 7) is 6.36. The number of carbonyl (C=O) groups is 2. The Kier molecular flexibility index (Phi) is 7.01. The molecular weight excluding hydrogens is 510 g/mol. The van der Waals surface area contributed by atoms with Gasteiger partial charge in [-0.3, -0.25) is 4.72 Å². The molecule has 192 valence electrons. The molecule has 0 fully saturated rings. The van der Waals surface area contributed by atoms with E-state index in [1.165, 1.54) is 55.5 Å². The van der Waals surface area contributed by atoms with E-state index in [1.54, 1.807) is 20.8 Å². The van der Waals surface area contributed by atoms with E-state index in [4.69, 9.17) is 4.74 Å². The number of benzene rings is 2. The number of nitrogens with one attached hydrogen (secondary N) is 1. The normalized spacial score (nSPS) is 13.0.